The van der Waals surface area contributed by atoms with E-state index in [-0.39, 0.29) is 0 Å². The molecule has 2 rings (SSSR count). The molecule has 1 aromatic heterocycles. The lowest BCUT2D eigenvalue weighted by Crippen LogP contribution is -1.93. The van der Waals surface area contributed by atoms with Crippen LogP contribution in [-0.4, -0.2) is 21.2 Å². The molecular weight excluding hydrogens is 178 g/mol. The van der Waals surface area contributed by atoms with Gasteiger partial charge < -0.3 is 5.21 Å². The van der Waals surface area contributed by atoms with E-state index in [1.54, 1.807) is 10.9 Å². The van der Waals surface area contributed by atoms with Crippen LogP contribution >= 0.6 is 0 Å². The first kappa shape index (κ1) is 8.50. The lowest BCUT2D eigenvalue weighted by molar-refractivity contribution is 0.322. The average molecular weight is 187 g/mol. The van der Waals surface area contributed by atoms with Crippen LogP contribution in [-0.2, 0) is 0 Å². The van der Waals surface area contributed by atoms with Crippen molar-refractivity contribution >= 4 is 6.21 Å². The van der Waals surface area contributed by atoms with Crippen LogP contribution in [0.2, 0.25) is 0 Å². The minimum atomic E-state index is 0.850. The Morgan fingerprint density at radius 1 is 1.29 bits per heavy atom. The van der Waals surface area contributed by atoms with Crippen LogP contribution in [0.5, 0.6) is 0 Å². The third-order valence-electron chi connectivity index (χ3n) is 1.87. The highest BCUT2D eigenvalue weighted by Gasteiger charge is 1.94. The van der Waals surface area contributed by atoms with Crippen molar-refractivity contribution in [3.8, 4) is 5.69 Å². The third-order valence-corrected chi connectivity index (χ3v) is 1.87. The molecule has 4 heteroatoms. The summed E-state index contributed by atoms with van der Waals surface area (Å²) in [6.45, 7) is 0. The van der Waals surface area contributed by atoms with E-state index in [1.807, 2.05) is 36.5 Å². The fourth-order valence-electron chi connectivity index (χ4n) is 1.20. The molecule has 0 aliphatic rings. The van der Waals surface area contributed by atoms with E-state index in [2.05, 4.69) is 10.3 Å². The van der Waals surface area contributed by atoms with E-state index >= 15 is 0 Å². The third kappa shape index (κ3) is 1.64. The Balaban J connectivity index is 2.31. The summed E-state index contributed by atoms with van der Waals surface area (Å²) in [6, 6.07) is 9.39. The molecular formula is C10H9N3O. The summed E-state index contributed by atoms with van der Waals surface area (Å²) >= 11 is 0. The molecule has 0 saturated heterocycles. The van der Waals surface area contributed by atoms with E-state index < -0.39 is 0 Å². The smallest absolute Gasteiger partial charge is 0.0733 e. The normalized spacial score (nSPS) is 10.9. The maximum Gasteiger partial charge on any atom is 0.0733 e. The average Bonchev–Trinajstić information content (AvgIpc) is 2.72. The van der Waals surface area contributed by atoms with E-state index in [0.29, 0.717) is 0 Å². The van der Waals surface area contributed by atoms with Gasteiger partial charge in [0.15, 0.2) is 0 Å². The fraction of sp³-hybridized carbons (Fsp3) is 0. The molecule has 4 nitrogen and oxygen atoms in total. The minimum absolute atomic E-state index is 0.850. The van der Waals surface area contributed by atoms with E-state index in [4.69, 9.17) is 5.21 Å². The molecule has 1 aromatic carbocycles. The van der Waals surface area contributed by atoms with Gasteiger partial charge in [-0.25, -0.2) is 4.68 Å². The number of benzene rings is 1. The molecule has 0 bridgehead atoms. The Morgan fingerprint density at radius 2 is 2.07 bits per heavy atom. The molecule has 0 amide bonds. The summed E-state index contributed by atoms with van der Waals surface area (Å²) < 4.78 is 1.76. The largest absolute Gasteiger partial charge is 0.411 e. The summed E-state index contributed by atoms with van der Waals surface area (Å²) in [7, 11) is 0. The fourth-order valence-corrected chi connectivity index (χ4v) is 1.20. The zero-order valence-corrected chi connectivity index (χ0v) is 7.41. The summed E-state index contributed by atoms with van der Waals surface area (Å²) in [5, 5.41) is 15.4. The van der Waals surface area contributed by atoms with Crippen LogP contribution in [0.3, 0.4) is 0 Å². The highest BCUT2D eigenvalue weighted by Crippen LogP contribution is 2.06. The second-order valence-electron chi connectivity index (χ2n) is 2.79. The Labute approximate surface area is 81.1 Å². The van der Waals surface area contributed by atoms with Crippen LogP contribution in [0.4, 0.5) is 0 Å². The second kappa shape index (κ2) is 3.74. The van der Waals surface area contributed by atoms with Crippen LogP contribution in [0, 0.1) is 0 Å². The first-order valence-electron chi connectivity index (χ1n) is 4.17. The van der Waals surface area contributed by atoms with Gasteiger partial charge in [-0.05, 0) is 23.8 Å². The van der Waals surface area contributed by atoms with Crippen LogP contribution in [0.25, 0.3) is 5.69 Å². The van der Waals surface area contributed by atoms with E-state index in [9.17, 15) is 0 Å². The Kier molecular flexibility index (Phi) is 2.27. The van der Waals surface area contributed by atoms with E-state index in [0.717, 1.165) is 11.3 Å². The van der Waals surface area contributed by atoms with Crippen molar-refractivity contribution in [2.24, 2.45) is 5.16 Å². The van der Waals surface area contributed by atoms with Gasteiger partial charge in [-0.15, -0.1) is 0 Å². The first-order valence-corrected chi connectivity index (χ1v) is 4.17. The standard InChI is InChI=1S/C10H9N3O/c14-12-8-9-2-4-10(5-3-9)13-7-1-6-11-13/h1-8,14H/b12-8+. The molecule has 14 heavy (non-hydrogen) atoms. The summed E-state index contributed by atoms with van der Waals surface area (Å²) in [6.07, 6.45) is 4.98. The molecule has 1 heterocycles. The molecule has 0 fully saturated rings. The summed E-state index contributed by atoms with van der Waals surface area (Å²) in [5.41, 5.74) is 1.83. The summed E-state index contributed by atoms with van der Waals surface area (Å²) in [4.78, 5) is 0. The van der Waals surface area contributed by atoms with Gasteiger partial charge in [0.1, 0.15) is 0 Å². The molecule has 2 aromatic rings. The highest BCUT2D eigenvalue weighted by molar-refractivity contribution is 5.79. The Hall–Kier alpha value is -2.10. The van der Waals surface area contributed by atoms with Crippen molar-refractivity contribution in [2.45, 2.75) is 0 Å². The quantitative estimate of drug-likeness (QED) is 0.441. The van der Waals surface area contributed by atoms with Crippen LogP contribution in [0.1, 0.15) is 5.56 Å². The van der Waals surface area contributed by atoms with Gasteiger partial charge in [0.05, 0.1) is 11.9 Å². The lowest BCUT2D eigenvalue weighted by Gasteiger charge is -2.00. The van der Waals surface area contributed by atoms with Gasteiger partial charge in [-0.2, -0.15) is 5.10 Å². The lowest BCUT2D eigenvalue weighted by atomic mass is 10.2. The number of hydrogen-bond donors (Lipinski definition) is 1. The topological polar surface area (TPSA) is 50.4 Å². The number of aromatic nitrogens is 2. The zero-order valence-electron chi connectivity index (χ0n) is 7.41. The highest BCUT2D eigenvalue weighted by atomic mass is 16.4. The van der Waals surface area contributed by atoms with Gasteiger partial charge in [-0.1, -0.05) is 17.3 Å². The van der Waals surface area contributed by atoms with Crippen molar-refractivity contribution in [2.75, 3.05) is 0 Å². The number of nitrogens with zero attached hydrogens (tertiary/aromatic N) is 3. The molecule has 0 aliphatic heterocycles. The number of rotatable bonds is 2. The monoisotopic (exact) mass is 187 g/mol. The van der Waals surface area contributed by atoms with Crippen molar-refractivity contribution in [1.82, 2.24) is 9.78 Å². The number of oxime groups is 1. The second-order valence-corrected chi connectivity index (χ2v) is 2.79. The van der Waals surface area contributed by atoms with Crippen molar-refractivity contribution in [3.05, 3.63) is 48.3 Å². The number of hydrogen-bond acceptors (Lipinski definition) is 3. The van der Waals surface area contributed by atoms with Gasteiger partial charge in [0, 0.05) is 12.4 Å². The molecule has 0 radical (unpaired) electrons. The predicted molar refractivity (Wildman–Crippen MR) is 52.9 cm³/mol. The van der Waals surface area contributed by atoms with Crippen molar-refractivity contribution < 1.29 is 5.21 Å². The van der Waals surface area contributed by atoms with Crippen molar-refractivity contribution in [3.63, 3.8) is 0 Å². The van der Waals surface area contributed by atoms with Crippen molar-refractivity contribution in [1.29, 1.82) is 0 Å². The molecule has 0 spiro atoms. The van der Waals surface area contributed by atoms with E-state index in [1.165, 1.54) is 6.21 Å². The summed E-state index contributed by atoms with van der Waals surface area (Å²) in [5.74, 6) is 0. The molecule has 70 valence electrons. The van der Waals surface area contributed by atoms with Crippen LogP contribution in [0.15, 0.2) is 47.9 Å². The molecule has 0 aliphatic carbocycles. The molecule has 0 unspecified atom stereocenters. The van der Waals surface area contributed by atoms with Gasteiger partial charge >= 0.3 is 0 Å². The molecule has 0 saturated carbocycles. The molecule has 0 atom stereocenters. The first-order chi connectivity index (χ1) is 6.90. The Morgan fingerprint density at radius 3 is 2.64 bits per heavy atom. The zero-order chi connectivity index (χ0) is 9.80. The van der Waals surface area contributed by atoms with Gasteiger partial charge in [0.2, 0.25) is 0 Å². The maximum atomic E-state index is 8.32. The van der Waals surface area contributed by atoms with Crippen LogP contribution < -0.4 is 0 Å². The maximum absolute atomic E-state index is 8.32. The predicted octanol–water partition coefficient (Wildman–Crippen LogP) is 1.68. The SMILES string of the molecule is O/N=C/c1ccc(-n2cccn2)cc1. The Bertz CT molecular complexity index is 417. The van der Waals surface area contributed by atoms with Gasteiger partial charge in [0.25, 0.3) is 0 Å². The minimum Gasteiger partial charge on any atom is -0.411 e. The van der Waals surface area contributed by atoms with Gasteiger partial charge in [-0.3, -0.25) is 0 Å². The molecule has 1 N–H and O–H groups in total.